The van der Waals surface area contributed by atoms with Crippen molar-refractivity contribution >= 4 is 28.6 Å². The number of unbranched alkanes of at least 4 members (excludes halogenated alkanes) is 2. The van der Waals surface area contributed by atoms with E-state index >= 15 is 0 Å². The highest BCUT2D eigenvalue weighted by Gasteiger charge is 2.07. The smallest absolute Gasteiger partial charge is 0.312 e. The van der Waals surface area contributed by atoms with E-state index in [1.807, 2.05) is 22.6 Å². The van der Waals surface area contributed by atoms with Gasteiger partial charge < -0.3 is 11.1 Å². The van der Waals surface area contributed by atoms with E-state index in [0.717, 1.165) is 12.8 Å². The molecule has 1 atom stereocenters. The normalized spacial score (nSPS) is 11.3. The van der Waals surface area contributed by atoms with E-state index in [4.69, 9.17) is 5.73 Å². The fourth-order valence-electron chi connectivity index (χ4n) is 1.23. The molecule has 1 unspecified atom stereocenters. The number of rotatable bonds is 6. The predicted octanol–water partition coefficient (Wildman–Crippen LogP) is 2.39. The quantitative estimate of drug-likeness (QED) is 0.442. The zero-order chi connectivity index (χ0) is 10.8. The van der Waals surface area contributed by atoms with Gasteiger partial charge in [0.1, 0.15) is 0 Å². The minimum Gasteiger partial charge on any atom is -0.352 e. The van der Waals surface area contributed by atoms with Crippen molar-refractivity contribution in [3.05, 3.63) is 0 Å². The molecule has 0 saturated carbocycles. The maximum Gasteiger partial charge on any atom is 0.312 e. The van der Waals surface area contributed by atoms with E-state index in [1.54, 1.807) is 0 Å². The van der Waals surface area contributed by atoms with Crippen LogP contribution in [0.15, 0.2) is 0 Å². The number of carbonyl (C=O) groups excluding carboxylic acids is 1. The van der Waals surface area contributed by atoms with Gasteiger partial charge in [-0.3, -0.25) is 0 Å². The van der Waals surface area contributed by atoms with Crippen LogP contribution in [-0.2, 0) is 0 Å². The minimum atomic E-state index is -0.457. The van der Waals surface area contributed by atoms with E-state index in [-0.39, 0.29) is 6.04 Å². The lowest BCUT2D eigenvalue weighted by Gasteiger charge is -2.14. The molecule has 0 aliphatic carbocycles. The molecule has 0 aliphatic rings. The van der Waals surface area contributed by atoms with E-state index < -0.39 is 6.03 Å². The highest BCUT2D eigenvalue weighted by atomic mass is 127. The van der Waals surface area contributed by atoms with Crippen LogP contribution in [0.4, 0.5) is 4.79 Å². The first kappa shape index (κ1) is 13.6. The van der Waals surface area contributed by atoms with Gasteiger partial charge in [-0.1, -0.05) is 32.1 Å². The Kier molecular flexibility index (Phi) is 8.84. The first-order valence-electron chi connectivity index (χ1n) is 4.85. The zero-order valence-electron chi connectivity index (χ0n) is 8.48. The molecule has 0 aliphatic heterocycles. The van der Waals surface area contributed by atoms with Crippen LogP contribution in [0.3, 0.4) is 0 Å². The molecule has 0 bridgehead atoms. The molecule has 0 aromatic carbocycles. The summed E-state index contributed by atoms with van der Waals surface area (Å²) in [6.07, 6.45) is 5.14. The van der Waals surface area contributed by atoms with Crippen LogP contribution in [0, 0.1) is 9.85 Å². The summed E-state index contributed by atoms with van der Waals surface area (Å²) in [6.45, 7) is 2.15. The molecular formula is C10H17IN2O. The Morgan fingerprint density at radius 2 is 2.29 bits per heavy atom. The van der Waals surface area contributed by atoms with E-state index in [2.05, 4.69) is 22.1 Å². The van der Waals surface area contributed by atoms with E-state index in [1.165, 1.54) is 12.8 Å². The van der Waals surface area contributed by atoms with Crippen molar-refractivity contribution in [1.82, 2.24) is 5.32 Å². The van der Waals surface area contributed by atoms with Crippen LogP contribution in [0.25, 0.3) is 0 Å². The standard InChI is InChI=1S/C10H17IN2O/c1-2-3-4-6-9(7-5-8-11)13-10(12)14/h9H,2-4,6-7H2,1H3,(H3,12,13,14). The Hall–Kier alpha value is -0.440. The lowest BCUT2D eigenvalue weighted by Crippen LogP contribution is -2.38. The fraction of sp³-hybridized carbons (Fsp3) is 0.700. The van der Waals surface area contributed by atoms with Crippen LogP contribution in [0.5, 0.6) is 0 Å². The molecule has 0 spiro atoms. The van der Waals surface area contributed by atoms with Crippen LogP contribution in [0.2, 0.25) is 0 Å². The zero-order valence-corrected chi connectivity index (χ0v) is 10.6. The predicted molar refractivity (Wildman–Crippen MR) is 67.1 cm³/mol. The highest BCUT2D eigenvalue weighted by Crippen LogP contribution is 2.06. The Bertz CT molecular complexity index is 220. The Morgan fingerprint density at radius 3 is 2.79 bits per heavy atom. The van der Waals surface area contributed by atoms with E-state index in [9.17, 15) is 4.79 Å². The summed E-state index contributed by atoms with van der Waals surface area (Å²) in [6, 6.07) is -0.344. The maximum absolute atomic E-state index is 10.7. The Morgan fingerprint density at radius 1 is 1.57 bits per heavy atom. The summed E-state index contributed by atoms with van der Waals surface area (Å²) in [5.41, 5.74) is 5.07. The fourth-order valence-corrected chi connectivity index (χ4v) is 1.45. The molecule has 0 fully saturated rings. The summed E-state index contributed by atoms with van der Waals surface area (Å²) in [5.74, 6) is 2.95. The number of nitrogens with two attached hydrogens (primary N) is 1. The van der Waals surface area contributed by atoms with Crippen LogP contribution < -0.4 is 11.1 Å². The lowest BCUT2D eigenvalue weighted by atomic mass is 10.1. The van der Waals surface area contributed by atoms with Crippen LogP contribution in [0.1, 0.15) is 39.0 Å². The Balaban J connectivity index is 3.82. The van der Waals surface area contributed by atoms with Gasteiger partial charge in [0.25, 0.3) is 0 Å². The second-order valence-corrected chi connectivity index (χ2v) is 3.72. The second-order valence-electron chi connectivity index (χ2n) is 3.18. The number of amides is 2. The number of urea groups is 1. The number of primary amides is 1. The summed E-state index contributed by atoms with van der Waals surface area (Å²) >= 11 is 1.99. The highest BCUT2D eigenvalue weighted by molar-refractivity contribution is 14.1. The molecule has 80 valence electrons. The number of halogens is 1. The molecule has 3 nitrogen and oxygen atoms in total. The summed E-state index contributed by atoms with van der Waals surface area (Å²) in [5, 5.41) is 2.71. The number of nitrogens with one attached hydrogen (secondary N) is 1. The molecule has 4 heteroatoms. The molecule has 0 heterocycles. The van der Waals surface area contributed by atoms with Gasteiger partial charge in [0.05, 0.1) is 0 Å². The summed E-state index contributed by atoms with van der Waals surface area (Å²) in [7, 11) is 0. The van der Waals surface area contributed by atoms with Crippen LogP contribution >= 0.6 is 22.6 Å². The first-order chi connectivity index (χ1) is 6.70. The third kappa shape index (κ3) is 8.17. The van der Waals surface area contributed by atoms with Crippen molar-refractivity contribution in [1.29, 1.82) is 0 Å². The van der Waals surface area contributed by atoms with Crippen molar-refractivity contribution in [2.45, 2.75) is 45.1 Å². The SMILES string of the molecule is CCCCCC(CC#CI)NC(N)=O. The van der Waals surface area contributed by atoms with Gasteiger partial charge in [-0.25, -0.2) is 4.79 Å². The molecule has 3 N–H and O–H groups in total. The maximum atomic E-state index is 10.7. The topological polar surface area (TPSA) is 55.1 Å². The van der Waals surface area contributed by atoms with Gasteiger partial charge in [-0.15, -0.1) is 0 Å². The van der Waals surface area contributed by atoms with E-state index in [0.29, 0.717) is 6.42 Å². The third-order valence-electron chi connectivity index (χ3n) is 1.92. The molecule has 0 radical (unpaired) electrons. The van der Waals surface area contributed by atoms with Crippen molar-refractivity contribution in [2.75, 3.05) is 0 Å². The van der Waals surface area contributed by atoms with Gasteiger partial charge in [-0.05, 0) is 10.3 Å². The van der Waals surface area contributed by atoms with Gasteiger partial charge in [0.15, 0.2) is 0 Å². The van der Waals surface area contributed by atoms with Gasteiger partial charge in [0, 0.05) is 35.1 Å². The largest absolute Gasteiger partial charge is 0.352 e. The number of hydrogen-bond acceptors (Lipinski definition) is 1. The van der Waals surface area contributed by atoms with Gasteiger partial charge in [-0.2, -0.15) is 0 Å². The third-order valence-corrected chi connectivity index (χ3v) is 2.30. The van der Waals surface area contributed by atoms with Gasteiger partial charge >= 0.3 is 6.03 Å². The molecule has 0 aromatic heterocycles. The number of carbonyl (C=O) groups is 1. The lowest BCUT2D eigenvalue weighted by molar-refractivity contribution is 0.244. The van der Waals surface area contributed by atoms with Crippen molar-refractivity contribution in [3.8, 4) is 9.85 Å². The molecule has 0 saturated heterocycles. The Labute approximate surface area is 99.3 Å². The molecule has 2 amide bonds. The average molecular weight is 308 g/mol. The minimum absolute atomic E-state index is 0.112. The monoisotopic (exact) mass is 308 g/mol. The van der Waals surface area contributed by atoms with Crippen LogP contribution in [-0.4, -0.2) is 12.1 Å². The average Bonchev–Trinajstić information content (AvgIpc) is 2.13. The molecule has 14 heavy (non-hydrogen) atoms. The molecule has 0 rings (SSSR count). The first-order valence-corrected chi connectivity index (χ1v) is 5.93. The number of hydrogen-bond donors (Lipinski definition) is 2. The second kappa shape index (κ2) is 9.13. The summed E-state index contributed by atoms with van der Waals surface area (Å²) in [4.78, 5) is 10.7. The molecular weight excluding hydrogens is 291 g/mol. The molecule has 0 aromatic rings. The van der Waals surface area contributed by atoms with Crippen molar-refractivity contribution < 1.29 is 4.79 Å². The van der Waals surface area contributed by atoms with Crippen molar-refractivity contribution in [2.24, 2.45) is 5.73 Å². The van der Waals surface area contributed by atoms with Crippen molar-refractivity contribution in [3.63, 3.8) is 0 Å². The summed E-state index contributed by atoms with van der Waals surface area (Å²) < 4.78 is 2.79. The van der Waals surface area contributed by atoms with Gasteiger partial charge in [0.2, 0.25) is 0 Å².